The molecule has 1 saturated carbocycles. The molecule has 1 aromatic rings. The summed E-state index contributed by atoms with van der Waals surface area (Å²) in [7, 11) is -3.45. The number of carbonyl (C=O) groups excluding carboxylic acids is 1. The quantitative estimate of drug-likeness (QED) is 0.799. The van der Waals surface area contributed by atoms with Crippen LogP contribution in [0.15, 0.2) is 29.2 Å². The summed E-state index contributed by atoms with van der Waals surface area (Å²) in [5, 5.41) is 2.81. The van der Waals surface area contributed by atoms with E-state index in [0.29, 0.717) is 18.8 Å². The van der Waals surface area contributed by atoms with E-state index in [1.54, 1.807) is 24.3 Å². The minimum absolute atomic E-state index is 0.0224. The van der Waals surface area contributed by atoms with Gasteiger partial charge in [-0.25, -0.2) is 8.42 Å². The van der Waals surface area contributed by atoms with E-state index in [2.05, 4.69) is 5.32 Å². The van der Waals surface area contributed by atoms with Gasteiger partial charge in [-0.05, 0) is 49.9 Å². The number of benzene rings is 1. The number of rotatable bonds is 8. The van der Waals surface area contributed by atoms with E-state index in [4.69, 9.17) is 0 Å². The molecule has 0 aromatic heterocycles. The molecule has 0 aliphatic heterocycles. The average molecular weight is 324 g/mol. The van der Waals surface area contributed by atoms with Gasteiger partial charge in [-0.15, -0.1) is 0 Å². The van der Waals surface area contributed by atoms with Crippen LogP contribution in [0.5, 0.6) is 0 Å². The summed E-state index contributed by atoms with van der Waals surface area (Å²) >= 11 is 0. The number of hydrogen-bond donors (Lipinski definition) is 1. The first kappa shape index (κ1) is 17.0. The molecule has 6 heteroatoms. The first-order valence-corrected chi connectivity index (χ1v) is 9.34. The number of anilines is 1. The van der Waals surface area contributed by atoms with Crippen molar-refractivity contribution in [2.45, 2.75) is 44.4 Å². The fourth-order valence-electron chi connectivity index (χ4n) is 2.30. The predicted molar refractivity (Wildman–Crippen MR) is 87.1 cm³/mol. The maximum absolute atomic E-state index is 12.6. The van der Waals surface area contributed by atoms with E-state index in [1.807, 2.05) is 13.8 Å². The molecule has 0 unspecified atom stereocenters. The molecule has 2 rings (SSSR count). The van der Waals surface area contributed by atoms with E-state index in [-0.39, 0.29) is 16.7 Å². The summed E-state index contributed by atoms with van der Waals surface area (Å²) in [5.74, 6) is 0.155. The summed E-state index contributed by atoms with van der Waals surface area (Å²) in [6.45, 7) is 4.98. The van der Waals surface area contributed by atoms with Gasteiger partial charge in [0.1, 0.15) is 0 Å². The number of amides is 1. The van der Waals surface area contributed by atoms with Gasteiger partial charge in [-0.2, -0.15) is 4.31 Å². The highest BCUT2D eigenvalue weighted by Gasteiger charge is 2.29. The topological polar surface area (TPSA) is 66.5 Å². The van der Waals surface area contributed by atoms with Crippen LogP contribution in [0.25, 0.3) is 0 Å². The van der Waals surface area contributed by atoms with Crippen LogP contribution in [0.2, 0.25) is 0 Å². The lowest BCUT2D eigenvalue weighted by Crippen LogP contribution is -2.32. The first-order valence-electron chi connectivity index (χ1n) is 7.90. The second-order valence-corrected chi connectivity index (χ2v) is 7.63. The highest BCUT2D eigenvalue weighted by molar-refractivity contribution is 7.89. The van der Waals surface area contributed by atoms with Crippen molar-refractivity contribution in [1.82, 2.24) is 4.31 Å². The maximum Gasteiger partial charge on any atom is 0.243 e. The van der Waals surface area contributed by atoms with Crippen LogP contribution in [0.1, 0.15) is 39.5 Å². The van der Waals surface area contributed by atoms with Crippen LogP contribution in [-0.4, -0.2) is 31.7 Å². The minimum Gasteiger partial charge on any atom is -0.326 e. The van der Waals surface area contributed by atoms with Gasteiger partial charge in [-0.1, -0.05) is 13.8 Å². The van der Waals surface area contributed by atoms with Crippen molar-refractivity contribution in [2.75, 3.05) is 18.4 Å². The second kappa shape index (κ2) is 7.24. The molecule has 0 heterocycles. The van der Waals surface area contributed by atoms with Crippen LogP contribution in [0, 0.1) is 5.92 Å². The van der Waals surface area contributed by atoms with E-state index in [9.17, 15) is 13.2 Å². The average Bonchev–Trinajstić information content (AvgIpc) is 3.32. The molecule has 22 heavy (non-hydrogen) atoms. The Morgan fingerprint density at radius 2 is 1.68 bits per heavy atom. The number of carbonyl (C=O) groups is 1. The zero-order valence-electron chi connectivity index (χ0n) is 13.2. The second-order valence-electron chi connectivity index (χ2n) is 5.69. The Balaban J connectivity index is 2.11. The van der Waals surface area contributed by atoms with Crippen LogP contribution in [0.3, 0.4) is 0 Å². The molecule has 1 aliphatic rings. The standard InChI is InChI=1S/C16H24N2O3S/c1-3-11-18(12-4-2)22(20,21)15-9-7-14(8-10-15)17-16(19)13-5-6-13/h7-10,13H,3-6,11-12H2,1-2H3,(H,17,19). The first-order chi connectivity index (χ1) is 10.5. The van der Waals surface area contributed by atoms with Gasteiger partial charge in [0.2, 0.25) is 15.9 Å². The third-order valence-electron chi connectivity index (χ3n) is 3.65. The van der Waals surface area contributed by atoms with Gasteiger partial charge < -0.3 is 5.32 Å². The molecule has 0 bridgehead atoms. The zero-order chi connectivity index (χ0) is 16.2. The Bertz CT molecular complexity index is 601. The van der Waals surface area contributed by atoms with Gasteiger partial charge in [0.05, 0.1) is 4.90 Å². The third-order valence-corrected chi connectivity index (χ3v) is 5.57. The Morgan fingerprint density at radius 3 is 2.14 bits per heavy atom. The van der Waals surface area contributed by atoms with Crippen LogP contribution in [0.4, 0.5) is 5.69 Å². The monoisotopic (exact) mass is 324 g/mol. The minimum atomic E-state index is -3.45. The highest BCUT2D eigenvalue weighted by Crippen LogP contribution is 2.30. The normalized spacial score (nSPS) is 15.0. The molecule has 1 N–H and O–H groups in total. The van der Waals surface area contributed by atoms with Crippen molar-refractivity contribution in [1.29, 1.82) is 0 Å². The van der Waals surface area contributed by atoms with Gasteiger partial charge in [0, 0.05) is 24.7 Å². The number of nitrogens with zero attached hydrogens (tertiary/aromatic N) is 1. The highest BCUT2D eigenvalue weighted by atomic mass is 32.2. The summed E-state index contributed by atoms with van der Waals surface area (Å²) in [5.41, 5.74) is 0.647. The van der Waals surface area contributed by atoms with Crippen molar-refractivity contribution in [3.63, 3.8) is 0 Å². The molecule has 0 atom stereocenters. The van der Waals surface area contributed by atoms with E-state index in [1.165, 1.54) is 4.31 Å². The summed E-state index contributed by atoms with van der Waals surface area (Å²) in [6.07, 6.45) is 3.46. The van der Waals surface area contributed by atoms with Crippen molar-refractivity contribution >= 4 is 21.6 Å². The molecular formula is C16H24N2O3S. The zero-order valence-corrected chi connectivity index (χ0v) is 14.0. The molecule has 1 aromatic carbocycles. The smallest absolute Gasteiger partial charge is 0.243 e. The Morgan fingerprint density at radius 1 is 1.14 bits per heavy atom. The SMILES string of the molecule is CCCN(CCC)S(=O)(=O)c1ccc(NC(=O)C2CC2)cc1. The molecular weight excluding hydrogens is 300 g/mol. The van der Waals surface area contributed by atoms with Crippen molar-refractivity contribution in [2.24, 2.45) is 5.92 Å². The van der Waals surface area contributed by atoms with Gasteiger partial charge in [-0.3, -0.25) is 4.79 Å². The Hall–Kier alpha value is -1.40. The molecule has 1 amide bonds. The van der Waals surface area contributed by atoms with Crippen molar-refractivity contribution in [3.05, 3.63) is 24.3 Å². The molecule has 0 radical (unpaired) electrons. The van der Waals surface area contributed by atoms with Gasteiger partial charge in [0.15, 0.2) is 0 Å². The fraction of sp³-hybridized carbons (Fsp3) is 0.562. The van der Waals surface area contributed by atoms with E-state index in [0.717, 1.165) is 25.7 Å². The van der Waals surface area contributed by atoms with Gasteiger partial charge in [0.25, 0.3) is 0 Å². The Kier molecular flexibility index (Phi) is 5.58. The number of nitrogens with one attached hydrogen (secondary N) is 1. The van der Waals surface area contributed by atoms with Crippen molar-refractivity contribution in [3.8, 4) is 0 Å². The molecule has 5 nitrogen and oxygen atoms in total. The fourth-order valence-corrected chi connectivity index (χ4v) is 3.92. The summed E-state index contributed by atoms with van der Waals surface area (Å²) < 4.78 is 26.7. The molecule has 0 saturated heterocycles. The number of sulfonamides is 1. The summed E-state index contributed by atoms with van der Waals surface area (Å²) in [6, 6.07) is 6.44. The predicted octanol–water partition coefficient (Wildman–Crippen LogP) is 2.85. The molecule has 1 fully saturated rings. The maximum atomic E-state index is 12.6. The molecule has 0 spiro atoms. The van der Waals surface area contributed by atoms with E-state index < -0.39 is 10.0 Å². The lowest BCUT2D eigenvalue weighted by atomic mass is 10.3. The van der Waals surface area contributed by atoms with Crippen molar-refractivity contribution < 1.29 is 13.2 Å². The van der Waals surface area contributed by atoms with Gasteiger partial charge >= 0.3 is 0 Å². The Labute approximate surface area is 132 Å². The molecule has 122 valence electrons. The van der Waals surface area contributed by atoms with E-state index >= 15 is 0 Å². The van der Waals surface area contributed by atoms with Crippen LogP contribution in [-0.2, 0) is 14.8 Å². The lowest BCUT2D eigenvalue weighted by Gasteiger charge is -2.21. The number of hydrogen-bond acceptors (Lipinski definition) is 3. The summed E-state index contributed by atoms with van der Waals surface area (Å²) in [4.78, 5) is 12.0. The molecule has 1 aliphatic carbocycles. The lowest BCUT2D eigenvalue weighted by molar-refractivity contribution is -0.117. The van der Waals surface area contributed by atoms with Crippen LogP contribution < -0.4 is 5.32 Å². The van der Waals surface area contributed by atoms with Crippen LogP contribution >= 0.6 is 0 Å². The third kappa shape index (κ3) is 4.08. The largest absolute Gasteiger partial charge is 0.326 e.